The maximum atomic E-state index is 12.3. The summed E-state index contributed by atoms with van der Waals surface area (Å²) in [5, 5.41) is 7.40. The minimum absolute atomic E-state index is 0.0889. The molecule has 1 aliphatic carbocycles. The zero-order valence-corrected chi connectivity index (χ0v) is 14.7. The minimum atomic E-state index is 0.0889. The SMILES string of the molecule is CC1(C)CN=C(SCC(=O)NC2CCCc3ccccc32)NC1. The highest BCUT2D eigenvalue weighted by atomic mass is 32.2. The number of carbonyl (C=O) groups excluding carboxylic acids is 1. The standard InChI is InChI=1S/C18H25N3OS/c1-18(2)11-19-17(20-12-18)23-10-16(22)21-15-9-5-7-13-6-3-4-8-14(13)15/h3-4,6,8,15H,5,7,9-12H2,1-2H3,(H,19,20)(H,21,22). The smallest absolute Gasteiger partial charge is 0.230 e. The van der Waals surface area contributed by atoms with Gasteiger partial charge in [-0.25, -0.2) is 0 Å². The second kappa shape index (κ2) is 6.95. The fourth-order valence-corrected chi connectivity index (χ4v) is 3.76. The lowest BCUT2D eigenvalue weighted by molar-refractivity contribution is -0.119. The van der Waals surface area contributed by atoms with E-state index in [1.165, 1.54) is 22.9 Å². The molecular weight excluding hydrogens is 306 g/mol. The quantitative estimate of drug-likeness (QED) is 0.895. The normalized spacial score (nSPS) is 22.5. The number of aryl methyl sites for hydroxylation is 1. The minimum Gasteiger partial charge on any atom is -0.364 e. The molecule has 0 bridgehead atoms. The predicted octanol–water partition coefficient (Wildman–Crippen LogP) is 2.90. The van der Waals surface area contributed by atoms with Crippen LogP contribution in [0.4, 0.5) is 0 Å². The van der Waals surface area contributed by atoms with E-state index in [0.29, 0.717) is 5.75 Å². The lowest BCUT2D eigenvalue weighted by Gasteiger charge is -2.29. The van der Waals surface area contributed by atoms with Crippen LogP contribution in [0.25, 0.3) is 0 Å². The van der Waals surface area contributed by atoms with E-state index < -0.39 is 0 Å². The summed E-state index contributed by atoms with van der Waals surface area (Å²) in [6.07, 6.45) is 3.28. The van der Waals surface area contributed by atoms with Gasteiger partial charge in [-0.1, -0.05) is 49.9 Å². The third-order valence-electron chi connectivity index (χ3n) is 4.41. The topological polar surface area (TPSA) is 53.5 Å². The lowest BCUT2D eigenvalue weighted by atomic mass is 9.88. The number of carbonyl (C=O) groups is 1. The average Bonchev–Trinajstić information content (AvgIpc) is 2.54. The molecule has 23 heavy (non-hydrogen) atoms. The predicted molar refractivity (Wildman–Crippen MR) is 96.8 cm³/mol. The number of fused-ring (bicyclic) bond motifs is 1. The number of rotatable bonds is 3. The largest absolute Gasteiger partial charge is 0.364 e. The van der Waals surface area contributed by atoms with Crippen molar-refractivity contribution in [2.45, 2.75) is 39.2 Å². The van der Waals surface area contributed by atoms with E-state index in [1.54, 1.807) is 0 Å². The first-order valence-corrected chi connectivity index (χ1v) is 9.30. The van der Waals surface area contributed by atoms with Gasteiger partial charge in [0, 0.05) is 18.5 Å². The molecule has 1 heterocycles. The first-order chi connectivity index (χ1) is 11.0. The Balaban J connectivity index is 1.52. The van der Waals surface area contributed by atoms with E-state index in [4.69, 9.17) is 0 Å². The van der Waals surface area contributed by atoms with Crippen LogP contribution in [-0.2, 0) is 11.2 Å². The number of hydrogen-bond acceptors (Lipinski definition) is 4. The van der Waals surface area contributed by atoms with Gasteiger partial charge in [-0.3, -0.25) is 9.79 Å². The molecule has 124 valence electrons. The van der Waals surface area contributed by atoms with E-state index in [9.17, 15) is 4.79 Å². The third-order valence-corrected chi connectivity index (χ3v) is 5.37. The number of amidine groups is 1. The summed E-state index contributed by atoms with van der Waals surface area (Å²) in [6.45, 7) is 6.12. The van der Waals surface area contributed by atoms with Gasteiger partial charge in [-0.2, -0.15) is 0 Å². The van der Waals surface area contributed by atoms with E-state index in [2.05, 4.69) is 53.7 Å². The van der Waals surface area contributed by atoms with Gasteiger partial charge in [0.25, 0.3) is 0 Å². The van der Waals surface area contributed by atoms with Crippen molar-refractivity contribution in [1.29, 1.82) is 0 Å². The summed E-state index contributed by atoms with van der Waals surface area (Å²) in [5.41, 5.74) is 2.86. The van der Waals surface area contributed by atoms with Gasteiger partial charge in [-0.05, 0) is 30.4 Å². The van der Waals surface area contributed by atoms with Crippen molar-refractivity contribution >= 4 is 22.8 Å². The van der Waals surface area contributed by atoms with Gasteiger partial charge in [0.15, 0.2) is 5.17 Å². The van der Waals surface area contributed by atoms with E-state index in [1.807, 2.05) is 0 Å². The maximum absolute atomic E-state index is 12.3. The van der Waals surface area contributed by atoms with Crippen LogP contribution < -0.4 is 10.6 Å². The number of thioether (sulfide) groups is 1. The van der Waals surface area contributed by atoms with Crippen molar-refractivity contribution in [3.05, 3.63) is 35.4 Å². The second-order valence-corrected chi connectivity index (χ2v) is 8.10. The Bertz CT molecular complexity index is 612. The maximum Gasteiger partial charge on any atom is 0.230 e. The second-order valence-electron chi connectivity index (χ2n) is 7.14. The van der Waals surface area contributed by atoms with Crippen molar-refractivity contribution in [3.63, 3.8) is 0 Å². The van der Waals surface area contributed by atoms with Crippen molar-refractivity contribution < 1.29 is 4.79 Å². The summed E-state index contributed by atoms with van der Waals surface area (Å²) in [4.78, 5) is 16.8. The molecule has 0 spiro atoms. The highest BCUT2D eigenvalue weighted by Gasteiger charge is 2.24. The molecule has 2 aliphatic rings. The summed E-state index contributed by atoms with van der Waals surface area (Å²) in [5.74, 6) is 0.510. The van der Waals surface area contributed by atoms with Crippen LogP contribution in [0.15, 0.2) is 29.3 Å². The van der Waals surface area contributed by atoms with Crippen molar-refractivity contribution in [3.8, 4) is 0 Å². The highest BCUT2D eigenvalue weighted by Crippen LogP contribution is 2.29. The van der Waals surface area contributed by atoms with Crippen molar-refractivity contribution in [1.82, 2.24) is 10.6 Å². The fourth-order valence-electron chi connectivity index (χ4n) is 3.08. The summed E-state index contributed by atoms with van der Waals surface area (Å²) < 4.78 is 0. The Morgan fingerprint density at radius 1 is 1.43 bits per heavy atom. The van der Waals surface area contributed by atoms with Crippen LogP contribution in [0.1, 0.15) is 43.9 Å². The van der Waals surface area contributed by atoms with E-state index in [0.717, 1.165) is 37.5 Å². The van der Waals surface area contributed by atoms with Crippen LogP contribution in [0, 0.1) is 5.41 Å². The number of nitrogens with one attached hydrogen (secondary N) is 2. The molecule has 4 nitrogen and oxygen atoms in total. The molecule has 1 aromatic carbocycles. The Labute approximate surface area is 142 Å². The molecule has 1 aliphatic heterocycles. The molecule has 0 fully saturated rings. The molecule has 2 N–H and O–H groups in total. The number of amides is 1. The zero-order valence-electron chi connectivity index (χ0n) is 13.9. The van der Waals surface area contributed by atoms with Crippen LogP contribution in [0.3, 0.4) is 0 Å². The van der Waals surface area contributed by atoms with Gasteiger partial charge in [0.2, 0.25) is 5.91 Å². The molecule has 5 heteroatoms. The summed E-state index contributed by atoms with van der Waals surface area (Å²) in [6, 6.07) is 8.60. The van der Waals surface area contributed by atoms with Crippen molar-refractivity contribution in [2.24, 2.45) is 10.4 Å². The first kappa shape index (κ1) is 16.4. The van der Waals surface area contributed by atoms with Gasteiger partial charge < -0.3 is 10.6 Å². The van der Waals surface area contributed by atoms with E-state index in [-0.39, 0.29) is 17.4 Å². The van der Waals surface area contributed by atoms with Gasteiger partial charge in [-0.15, -0.1) is 0 Å². The van der Waals surface area contributed by atoms with Crippen molar-refractivity contribution in [2.75, 3.05) is 18.8 Å². The summed E-state index contributed by atoms with van der Waals surface area (Å²) in [7, 11) is 0. The average molecular weight is 331 g/mol. The molecule has 0 saturated heterocycles. The Morgan fingerprint density at radius 2 is 2.26 bits per heavy atom. The zero-order chi connectivity index (χ0) is 16.3. The molecule has 1 aromatic rings. The van der Waals surface area contributed by atoms with Gasteiger partial charge >= 0.3 is 0 Å². The Morgan fingerprint density at radius 3 is 3.04 bits per heavy atom. The fraction of sp³-hybridized carbons (Fsp3) is 0.556. The first-order valence-electron chi connectivity index (χ1n) is 8.32. The number of nitrogens with zero attached hydrogens (tertiary/aromatic N) is 1. The highest BCUT2D eigenvalue weighted by molar-refractivity contribution is 8.14. The van der Waals surface area contributed by atoms with Gasteiger partial charge in [0.1, 0.15) is 0 Å². The Kier molecular flexibility index (Phi) is 4.95. The molecule has 1 atom stereocenters. The third kappa shape index (κ3) is 4.28. The number of aliphatic imine (C=N–C) groups is 1. The number of hydrogen-bond donors (Lipinski definition) is 2. The molecule has 0 saturated carbocycles. The molecule has 1 unspecified atom stereocenters. The van der Waals surface area contributed by atoms with Crippen LogP contribution >= 0.6 is 11.8 Å². The van der Waals surface area contributed by atoms with Crippen LogP contribution in [0.2, 0.25) is 0 Å². The molecular formula is C18H25N3OS. The van der Waals surface area contributed by atoms with Gasteiger partial charge in [0.05, 0.1) is 11.8 Å². The lowest BCUT2D eigenvalue weighted by Crippen LogP contribution is -2.40. The van der Waals surface area contributed by atoms with Crippen LogP contribution in [0.5, 0.6) is 0 Å². The monoisotopic (exact) mass is 331 g/mol. The molecule has 3 rings (SSSR count). The van der Waals surface area contributed by atoms with E-state index >= 15 is 0 Å². The summed E-state index contributed by atoms with van der Waals surface area (Å²) >= 11 is 1.50. The Hall–Kier alpha value is -1.49. The molecule has 0 radical (unpaired) electrons. The number of benzene rings is 1. The van der Waals surface area contributed by atoms with Crippen LogP contribution in [-0.4, -0.2) is 29.9 Å². The molecule has 1 amide bonds. The molecule has 0 aromatic heterocycles.